The molecular formula is C24H35NOS. The topological polar surface area (TPSA) is 29.1 Å². The van der Waals surface area contributed by atoms with Gasteiger partial charge in [0, 0.05) is 17.3 Å². The Hall–Kier alpha value is -0.830. The van der Waals surface area contributed by atoms with Gasteiger partial charge in [0.05, 0.1) is 0 Å². The van der Waals surface area contributed by atoms with Crippen LogP contribution in [0.4, 0.5) is 0 Å². The van der Waals surface area contributed by atoms with Crippen LogP contribution >= 0.6 is 11.3 Å². The van der Waals surface area contributed by atoms with Crippen molar-refractivity contribution in [2.75, 3.05) is 0 Å². The molecule has 1 aromatic heterocycles. The Morgan fingerprint density at radius 3 is 2.74 bits per heavy atom. The zero-order chi connectivity index (χ0) is 18.6. The van der Waals surface area contributed by atoms with E-state index < -0.39 is 0 Å². The van der Waals surface area contributed by atoms with Gasteiger partial charge in [-0.2, -0.15) is 0 Å². The second kappa shape index (κ2) is 6.61. The van der Waals surface area contributed by atoms with E-state index in [1.54, 1.807) is 4.88 Å². The highest BCUT2D eigenvalue weighted by Gasteiger charge is 2.60. The summed E-state index contributed by atoms with van der Waals surface area (Å²) in [6.45, 7) is 5.16. The molecule has 0 radical (unpaired) electrons. The van der Waals surface area contributed by atoms with E-state index in [0.717, 1.165) is 36.5 Å². The van der Waals surface area contributed by atoms with E-state index in [2.05, 4.69) is 36.7 Å². The summed E-state index contributed by atoms with van der Waals surface area (Å²) < 4.78 is 0. The summed E-state index contributed by atoms with van der Waals surface area (Å²) in [6, 6.07) is 4.96. The molecule has 2 heterocycles. The summed E-state index contributed by atoms with van der Waals surface area (Å²) in [6.07, 6.45) is 12.8. The lowest BCUT2D eigenvalue weighted by molar-refractivity contribution is -0.136. The van der Waals surface area contributed by atoms with Crippen molar-refractivity contribution in [3.05, 3.63) is 22.4 Å². The minimum Gasteiger partial charge on any atom is -0.353 e. The van der Waals surface area contributed by atoms with Crippen LogP contribution in [0, 0.1) is 34.5 Å². The second-order valence-corrected chi connectivity index (χ2v) is 11.5. The molecule has 3 aliphatic carbocycles. The number of amides is 1. The third kappa shape index (κ3) is 2.82. The van der Waals surface area contributed by atoms with Crippen LogP contribution in [0.25, 0.3) is 0 Å². The first kappa shape index (κ1) is 18.2. The maximum absolute atomic E-state index is 12.0. The monoisotopic (exact) mass is 385 g/mol. The molecule has 1 N–H and O–H groups in total. The number of hydrogen-bond donors (Lipinski definition) is 1. The van der Waals surface area contributed by atoms with Gasteiger partial charge in [0.1, 0.15) is 0 Å². The van der Waals surface area contributed by atoms with E-state index in [-0.39, 0.29) is 0 Å². The molecule has 0 bridgehead atoms. The van der Waals surface area contributed by atoms with Crippen molar-refractivity contribution in [1.82, 2.24) is 5.32 Å². The molecule has 1 aliphatic heterocycles. The fraction of sp³-hybridized carbons (Fsp3) is 0.792. The summed E-state index contributed by atoms with van der Waals surface area (Å²) >= 11 is 1.93. The Labute approximate surface area is 168 Å². The van der Waals surface area contributed by atoms with Crippen LogP contribution in [0.15, 0.2) is 17.5 Å². The molecule has 4 fully saturated rings. The fourth-order valence-electron chi connectivity index (χ4n) is 8.06. The summed E-state index contributed by atoms with van der Waals surface area (Å²) in [5.74, 6) is 3.89. The van der Waals surface area contributed by atoms with Crippen molar-refractivity contribution < 1.29 is 4.79 Å². The smallest absolute Gasteiger partial charge is 0.220 e. The number of fused-ring (bicyclic) bond motifs is 5. The number of thiophene rings is 1. The number of carbonyl (C=O) groups excluding carboxylic acids is 1. The first-order valence-corrected chi connectivity index (χ1v) is 12.2. The Kier molecular flexibility index (Phi) is 4.46. The van der Waals surface area contributed by atoms with E-state index in [4.69, 9.17) is 0 Å². The van der Waals surface area contributed by atoms with E-state index in [0.29, 0.717) is 22.8 Å². The summed E-state index contributed by atoms with van der Waals surface area (Å²) in [5, 5.41) is 5.59. The third-order valence-electron chi connectivity index (χ3n) is 9.61. The Bertz CT molecular complexity index is 699. The molecule has 5 rings (SSSR count). The molecule has 1 amide bonds. The van der Waals surface area contributed by atoms with Crippen LogP contribution in [0.1, 0.15) is 76.5 Å². The number of aryl methyl sites for hydroxylation is 1. The zero-order valence-corrected chi connectivity index (χ0v) is 17.8. The SMILES string of the molecule is C[C@]12CC[C@H]3[C@@H](CCC4NC(=O)CC[C@@]43C)[C@@H]1CC[C@@H]2CCc1cccs1. The lowest BCUT2D eigenvalue weighted by atomic mass is 9.47. The largest absolute Gasteiger partial charge is 0.353 e. The average Bonchev–Trinajstić information content (AvgIpc) is 3.28. The van der Waals surface area contributed by atoms with Gasteiger partial charge >= 0.3 is 0 Å². The molecule has 1 saturated heterocycles. The van der Waals surface area contributed by atoms with Crippen LogP contribution < -0.4 is 5.32 Å². The van der Waals surface area contributed by atoms with Crippen LogP contribution in [-0.4, -0.2) is 11.9 Å². The van der Waals surface area contributed by atoms with Crippen molar-refractivity contribution in [3.63, 3.8) is 0 Å². The summed E-state index contributed by atoms with van der Waals surface area (Å²) in [4.78, 5) is 13.5. The third-order valence-corrected chi connectivity index (χ3v) is 10.5. The minimum absolute atomic E-state index is 0.297. The zero-order valence-electron chi connectivity index (χ0n) is 17.0. The van der Waals surface area contributed by atoms with Gasteiger partial charge in [-0.1, -0.05) is 19.9 Å². The van der Waals surface area contributed by atoms with Crippen LogP contribution in [0.2, 0.25) is 0 Å². The predicted octanol–water partition coefficient (Wildman–Crippen LogP) is 5.82. The molecule has 7 atom stereocenters. The number of rotatable bonds is 3. The molecule has 0 spiro atoms. The summed E-state index contributed by atoms with van der Waals surface area (Å²) in [5.41, 5.74) is 0.923. The number of nitrogens with one attached hydrogen (secondary N) is 1. The fourth-order valence-corrected chi connectivity index (χ4v) is 8.78. The molecular weight excluding hydrogens is 350 g/mol. The number of carbonyl (C=O) groups is 1. The van der Waals surface area contributed by atoms with Crippen molar-refractivity contribution in [2.24, 2.45) is 34.5 Å². The lowest BCUT2D eigenvalue weighted by Gasteiger charge is -2.60. The molecule has 3 saturated carbocycles. The maximum atomic E-state index is 12.0. The van der Waals surface area contributed by atoms with E-state index >= 15 is 0 Å². The van der Waals surface area contributed by atoms with E-state index in [1.807, 2.05) is 11.3 Å². The first-order chi connectivity index (χ1) is 13.0. The van der Waals surface area contributed by atoms with Gasteiger partial charge in [-0.25, -0.2) is 0 Å². The van der Waals surface area contributed by atoms with E-state index in [9.17, 15) is 4.79 Å². The molecule has 3 heteroatoms. The molecule has 148 valence electrons. The molecule has 27 heavy (non-hydrogen) atoms. The highest BCUT2D eigenvalue weighted by molar-refractivity contribution is 7.09. The van der Waals surface area contributed by atoms with Crippen LogP contribution in [-0.2, 0) is 11.2 Å². The maximum Gasteiger partial charge on any atom is 0.220 e. The van der Waals surface area contributed by atoms with Crippen molar-refractivity contribution in [2.45, 2.75) is 84.1 Å². The van der Waals surface area contributed by atoms with Crippen molar-refractivity contribution in [3.8, 4) is 0 Å². The number of hydrogen-bond acceptors (Lipinski definition) is 2. The van der Waals surface area contributed by atoms with Gasteiger partial charge in [-0.15, -0.1) is 11.3 Å². The van der Waals surface area contributed by atoms with Gasteiger partial charge in [-0.05, 0) is 104 Å². The van der Waals surface area contributed by atoms with E-state index in [1.165, 1.54) is 51.4 Å². The standard InChI is InChI=1S/C24H35NOS/c1-23-13-11-20-18(8-10-21-24(20,2)14-12-22(26)25-21)19(23)9-6-16(23)5-7-17-4-3-15-27-17/h3-4,15-16,18-21H,5-14H2,1-2H3,(H,25,26)/t16-,18-,19-,20-,21?,23+,24+/m0/s1. The quantitative estimate of drug-likeness (QED) is 0.698. The predicted molar refractivity (Wildman–Crippen MR) is 112 cm³/mol. The molecule has 0 aromatic carbocycles. The molecule has 1 aromatic rings. The molecule has 2 nitrogen and oxygen atoms in total. The summed E-state index contributed by atoms with van der Waals surface area (Å²) in [7, 11) is 0. The van der Waals surface area contributed by atoms with Crippen LogP contribution in [0.5, 0.6) is 0 Å². The second-order valence-electron chi connectivity index (χ2n) is 10.5. The van der Waals surface area contributed by atoms with Crippen LogP contribution in [0.3, 0.4) is 0 Å². The highest BCUT2D eigenvalue weighted by Crippen LogP contribution is 2.66. The Morgan fingerprint density at radius 1 is 1.07 bits per heavy atom. The Balaban J connectivity index is 1.33. The van der Waals surface area contributed by atoms with Crippen molar-refractivity contribution in [1.29, 1.82) is 0 Å². The molecule has 4 aliphatic rings. The van der Waals surface area contributed by atoms with Gasteiger partial charge in [0.25, 0.3) is 0 Å². The average molecular weight is 386 g/mol. The Morgan fingerprint density at radius 2 is 1.93 bits per heavy atom. The normalized spacial score (nSPS) is 46.3. The molecule has 1 unspecified atom stereocenters. The van der Waals surface area contributed by atoms with Gasteiger partial charge in [0.2, 0.25) is 5.91 Å². The van der Waals surface area contributed by atoms with Gasteiger partial charge < -0.3 is 5.32 Å². The number of piperidine rings is 1. The lowest BCUT2D eigenvalue weighted by Crippen LogP contribution is -2.61. The minimum atomic E-state index is 0.297. The highest BCUT2D eigenvalue weighted by atomic mass is 32.1. The van der Waals surface area contributed by atoms with Crippen molar-refractivity contribution >= 4 is 17.2 Å². The van der Waals surface area contributed by atoms with Gasteiger partial charge in [0.15, 0.2) is 0 Å². The van der Waals surface area contributed by atoms with Gasteiger partial charge in [-0.3, -0.25) is 4.79 Å². The first-order valence-electron chi connectivity index (χ1n) is 11.3.